The quantitative estimate of drug-likeness (QED) is 0.591. The summed E-state index contributed by atoms with van der Waals surface area (Å²) in [6, 6.07) is 5.62. The number of aromatic nitrogens is 3. The Labute approximate surface area is 167 Å². The van der Waals surface area contributed by atoms with Crippen molar-refractivity contribution < 1.29 is 14.3 Å². The fourth-order valence-electron chi connectivity index (χ4n) is 3.00. The molecule has 0 radical (unpaired) electrons. The number of ether oxygens (including phenoxy) is 2. The molecule has 0 atom stereocenters. The normalized spacial score (nSPS) is 12.0. The van der Waals surface area contributed by atoms with Gasteiger partial charge in [-0.05, 0) is 26.8 Å². The molecule has 0 saturated heterocycles. The molecule has 8 heteroatoms. The van der Waals surface area contributed by atoms with Crippen LogP contribution in [0.4, 0.5) is 0 Å². The van der Waals surface area contributed by atoms with Crippen molar-refractivity contribution in [3.63, 3.8) is 0 Å². The topological polar surface area (TPSA) is 70.6 Å². The Balaban J connectivity index is 2.20. The number of amides is 1. The van der Waals surface area contributed by atoms with E-state index in [0.29, 0.717) is 28.5 Å². The van der Waals surface area contributed by atoms with E-state index >= 15 is 0 Å². The summed E-state index contributed by atoms with van der Waals surface area (Å²) in [5.74, 6) is 0.933. The first-order chi connectivity index (χ1) is 13.4. The average Bonchev–Trinajstić information content (AvgIpc) is 3.21. The number of benzene rings is 1. The summed E-state index contributed by atoms with van der Waals surface area (Å²) >= 11 is 1.42. The van der Waals surface area contributed by atoms with Crippen molar-refractivity contribution in [3.8, 4) is 11.5 Å². The molecule has 0 fully saturated rings. The number of nitrogens with zero attached hydrogens (tertiary/aromatic N) is 4. The Hall–Kier alpha value is -2.87. The minimum atomic E-state index is -0.322. The molecular weight excluding hydrogens is 376 g/mol. The highest BCUT2D eigenvalue weighted by Crippen LogP contribution is 2.33. The van der Waals surface area contributed by atoms with Crippen molar-refractivity contribution in [3.05, 3.63) is 47.0 Å². The maximum atomic E-state index is 12.9. The van der Waals surface area contributed by atoms with Crippen molar-refractivity contribution in [1.82, 2.24) is 14.3 Å². The van der Waals surface area contributed by atoms with Gasteiger partial charge < -0.3 is 14.0 Å². The lowest BCUT2D eigenvalue weighted by Gasteiger charge is -2.09. The molecular formula is C20H24N4O3S. The number of fused-ring (bicyclic) bond motifs is 1. The number of rotatable bonds is 6. The fraction of sp³-hybridized carbons (Fsp3) is 0.350. The molecule has 0 saturated carbocycles. The molecule has 7 nitrogen and oxygen atoms in total. The van der Waals surface area contributed by atoms with Crippen LogP contribution in [0.25, 0.3) is 10.2 Å². The predicted molar refractivity (Wildman–Crippen MR) is 110 cm³/mol. The number of hydrogen-bond acceptors (Lipinski definition) is 5. The van der Waals surface area contributed by atoms with E-state index in [0.717, 1.165) is 15.9 Å². The monoisotopic (exact) mass is 400 g/mol. The number of methoxy groups -OCH3 is 2. The molecule has 1 amide bonds. The van der Waals surface area contributed by atoms with Gasteiger partial charge in [0.15, 0.2) is 16.3 Å². The molecule has 0 aliphatic heterocycles. The highest BCUT2D eigenvalue weighted by atomic mass is 32.1. The van der Waals surface area contributed by atoms with Gasteiger partial charge in [0.1, 0.15) is 5.69 Å². The summed E-state index contributed by atoms with van der Waals surface area (Å²) in [6.07, 6.45) is 1.77. The molecule has 3 rings (SSSR count). The van der Waals surface area contributed by atoms with Crippen LogP contribution in [0, 0.1) is 6.92 Å². The third-order valence-corrected chi connectivity index (χ3v) is 5.30. The Morgan fingerprint density at radius 1 is 1.29 bits per heavy atom. The van der Waals surface area contributed by atoms with Crippen LogP contribution in [0.5, 0.6) is 11.5 Å². The van der Waals surface area contributed by atoms with Gasteiger partial charge in [0.2, 0.25) is 0 Å². The minimum Gasteiger partial charge on any atom is -0.493 e. The van der Waals surface area contributed by atoms with Gasteiger partial charge in [-0.25, -0.2) is 0 Å². The molecule has 28 heavy (non-hydrogen) atoms. The standard InChI is InChI=1S/C20H24N4O3S/c1-7-8-23-14-10-16(26-5)17(27-6)11-18(14)28-20(23)21-19(25)15-9-13(4)22-24(15)12(2)3/h7,9-12H,1,8H2,2-6H3. The van der Waals surface area contributed by atoms with E-state index in [4.69, 9.17) is 9.47 Å². The van der Waals surface area contributed by atoms with E-state index in [9.17, 15) is 4.79 Å². The van der Waals surface area contributed by atoms with Crippen LogP contribution in [-0.4, -0.2) is 34.5 Å². The molecule has 1 aromatic carbocycles. The van der Waals surface area contributed by atoms with Crippen molar-refractivity contribution >= 4 is 27.5 Å². The number of thiazole rings is 1. The van der Waals surface area contributed by atoms with Gasteiger partial charge in [-0.3, -0.25) is 9.48 Å². The van der Waals surface area contributed by atoms with Crippen LogP contribution >= 0.6 is 11.3 Å². The van der Waals surface area contributed by atoms with Gasteiger partial charge >= 0.3 is 0 Å². The second-order valence-electron chi connectivity index (χ2n) is 6.59. The highest BCUT2D eigenvalue weighted by Gasteiger charge is 2.17. The summed E-state index contributed by atoms with van der Waals surface area (Å²) in [6.45, 7) is 10.2. The first-order valence-corrected chi connectivity index (χ1v) is 9.72. The van der Waals surface area contributed by atoms with Crippen LogP contribution in [-0.2, 0) is 6.54 Å². The summed E-state index contributed by atoms with van der Waals surface area (Å²) < 4.78 is 15.4. The smallest absolute Gasteiger partial charge is 0.297 e. The summed E-state index contributed by atoms with van der Waals surface area (Å²) in [4.78, 5) is 17.9. The Morgan fingerprint density at radius 3 is 2.57 bits per heavy atom. The lowest BCUT2D eigenvalue weighted by Crippen LogP contribution is -2.18. The lowest BCUT2D eigenvalue weighted by atomic mass is 10.3. The van der Waals surface area contributed by atoms with Crippen LogP contribution in [0.1, 0.15) is 36.1 Å². The summed E-state index contributed by atoms with van der Waals surface area (Å²) in [7, 11) is 3.19. The molecule has 2 aromatic heterocycles. The van der Waals surface area contributed by atoms with Crippen molar-refractivity contribution in [2.24, 2.45) is 4.99 Å². The second-order valence-corrected chi connectivity index (χ2v) is 7.59. The fourth-order valence-corrected chi connectivity index (χ4v) is 4.05. The SMILES string of the molecule is C=CCn1c(=NC(=O)c2cc(C)nn2C(C)C)sc2cc(OC)c(OC)cc21. The second kappa shape index (κ2) is 8.02. The molecule has 0 bridgehead atoms. The molecule has 0 aliphatic carbocycles. The molecule has 3 aromatic rings. The van der Waals surface area contributed by atoms with Gasteiger partial charge in [-0.2, -0.15) is 10.1 Å². The maximum absolute atomic E-state index is 12.9. The number of carbonyl (C=O) groups excluding carboxylic acids is 1. The molecule has 0 unspecified atom stereocenters. The van der Waals surface area contributed by atoms with Crippen LogP contribution < -0.4 is 14.3 Å². The maximum Gasteiger partial charge on any atom is 0.297 e. The third-order valence-electron chi connectivity index (χ3n) is 4.26. The van der Waals surface area contributed by atoms with E-state index in [-0.39, 0.29) is 11.9 Å². The summed E-state index contributed by atoms with van der Waals surface area (Å²) in [5.41, 5.74) is 2.17. The first-order valence-electron chi connectivity index (χ1n) is 8.91. The van der Waals surface area contributed by atoms with Gasteiger partial charge in [0.25, 0.3) is 5.91 Å². The Morgan fingerprint density at radius 2 is 1.96 bits per heavy atom. The molecule has 0 N–H and O–H groups in total. The third kappa shape index (κ3) is 3.60. The number of aryl methyl sites for hydroxylation is 1. The minimum absolute atomic E-state index is 0.0686. The van der Waals surface area contributed by atoms with E-state index in [1.807, 2.05) is 37.5 Å². The molecule has 0 aliphatic rings. The van der Waals surface area contributed by atoms with Crippen LogP contribution in [0.3, 0.4) is 0 Å². The van der Waals surface area contributed by atoms with Gasteiger partial charge in [-0.15, -0.1) is 6.58 Å². The molecule has 2 heterocycles. The zero-order valence-electron chi connectivity index (χ0n) is 16.7. The van der Waals surface area contributed by atoms with Gasteiger partial charge in [0, 0.05) is 24.7 Å². The highest BCUT2D eigenvalue weighted by molar-refractivity contribution is 7.16. The average molecular weight is 401 g/mol. The zero-order valence-corrected chi connectivity index (χ0v) is 17.5. The van der Waals surface area contributed by atoms with Gasteiger partial charge in [-0.1, -0.05) is 17.4 Å². The number of hydrogen-bond donors (Lipinski definition) is 0. The first kappa shape index (κ1) is 19.9. The van der Waals surface area contributed by atoms with Crippen molar-refractivity contribution in [2.75, 3.05) is 14.2 Å². The van der Waals surface area contributed by atoms with E-state index in [2.05, 4.69) is 16.7 Å². The van der Waals surface area contributed by atoms with E-state index < -0.39 is 0 Å². The Kier molecular flexibility index (Phi) is 5.69. The largest absolute Gasteiger partial charge is 0.493 e. The molecule has 0 spiro atoms. The number of allylic oxidation sites excluding steroid dienone is 1. The summed E-state index contributed by atoms with van der Waals surface area (Å²) in [5, 5.41) is 4.40. The Bertz CT molecular complexity index is 1100. The predicted octanol–water partition coefficient (Wildman–Crippen LogP) is 3.73. The van der Waals surface area contributed by atoms with Crippen molar-refractivity contribution in [2.45, 2.75) is 33.4 Å². The van der Waals surface area contributed by atoms with Gasteiger partial charge in [0.05, 0.1) is 30.1 Å². The van der Waals surface area contributed by atoms with Crippen molar-refractivity contribution in [1.29, 1.82) is 0 Å². The number of carbonyl (C=O) groups is 1. The zero-order chi connectivity index (χ0) is 20.4. The van der Waals surface area contributed by atoms with E-state index in [1.54, 1.807) is 31.0 Å². The van der Waals surface area contributed by atoms with Crippen LogP contribution in [0.15, 0.2) is 35.8 Å². The van der Waals surface area contributed by atoms with E-state index in [1.165, 1.54) is 11.3 Å². The lowest BCUT2D eigenvalue weighted by molar-refractivity contribution is 0.0986. The van der Waals surface area contributed by atoms with Crippen LogP contribution in [0.2, 0.25) is 0 Å². The molecule has 148 valence electrons.